The number of hydrogen-bond donors (Lipinski definition) is 1. The molecule has 0 N–H and O–H groups in total. The second-order valence-electron chi connectivity index (χ2n) is 3.57. The molecule has 0 atom stereocenters. The maximum absolute atomic E-state index is 5.67. The second-order valence-corrected chi connectivity index (χ2v) is 4.87. The second kappa shape index (κ2) is 7.18. The first-order chi connectivity index (χ1) is 7.24. The van der Waals surface area contributed by atoms with E-state index in [2.05, 4.69) is 47.6 Å². The van der Waals surface area contributed by atoms with E-state index in [1.807, 2.05) is 6.07 Å². The first-order valence-electron chi connectivity index (χ1n) is 5.24. The van der Waals surface area contributed by atoms with Gasteiger partial charge in [0.05, 0.1) is 11.1 Å². The molecular formula is C12H17BrOS. The number of unbranched alkanes of at least 4 members (excludes halogenated alkanes) is 2. The van der Waals surface area contributed by atoms with Crippen LogP contribution in [-0.2, 0) is 0 Å². The summed E-state index contributed by atoms with van der Waals surface area (Å²) in [5, 5.41) is 0. The third kappa shape index (κ3) is 4.94. The Kier molecular flexibility index (Phi) is 6.18. The minimum Gasteiger partial charge on any atom is -0.492 e. The highest BCUT2D eigenvalue weighted by molar-refractivity contribution is 9.10. The summed E-state index contributed by atoms with van der Waals surface area (Å²) in [5.74, 6) is 1.90. The maximum Gasteiger partial charge on any atom is 0.133 e. The number of hydrogen-bond acceptors (Lipinski definition) is 2. The van der Waals surface area contributed by atoms with Gasteiger partial charge in [-0.25, -0.2) is 0 Å². The molecule has 0 spiro atoms. The lowest BCUT2D eigenvalue weighted by molar-refractivity contribution is 0.304. The molecule has 15 heavy (non-hydrogen) atoms. The van der Waals surface area contributed by atoms with Gasteiger partial charge in [0.25, 0.3) is 0 Å². The van der Waals surface area contributed by atoms with Crippen LogP contribution in [0, 0.1) is 6.92 Å². The third-order valence-corrected chi connectivity index (χ3v) is 3.08. The van der Waals surface area contributed by atoms with Crippen molar-refractivity contribution < 1.29 is 4.74 Å². The number of halogens is 1. The van der Waals surface area contributed by atoms with Crippen molar-refractivity contribution in [2.75, 3.05) is 12.4 Å². The fraction of sp³-hybridized carbons (Fsp3) is 0.500. The van der Waals surface area contributed by atoms with Crippen LogP contribution in [-0.4, -0.2) is 12.4 Å². The van der Waals surface area contributed by atoms with Gasteiger partial charge < -0.3 is 4.74 Å². The highest BCUT2D eigenvalue weighted by atomic mass is 79.9. The molecule has 1 nitrogen and oxygen atoms in total. The fourth-order valence-electron chi connectivity index (χ4n) is 1.30. The molecule has 0 aliphatic carbocycles. The molecule has 3 heteroatoms. The molecule has 0 bridgehead atoms. The largest absolute Gasteiger partial charge is 0.492 e. The Hall–Kier alpha value is -0.150. The highest BCUT2D eigenvalue weighted by Gasteiger charge is 2.00. The molecule has 0 radical (unpaired) electrons. The Labute approximate surface area is 106 Å². The van der Waals surface area contributed by atoms with E-state index < -0.39 is 0 Å². The van der Waals surface area contributed by atoms with Gasteiger partial charge in [-0.05, 0) is 65.6 Å². The molecule has 1 aromatic carbocycles. The molecule has 0 unspecified atom stereocenters. The van der Waals surface area contributed by atoms with Gasteiger partial charge in [0, 0.05) is 0 Å². The van der Waals surface area contributed by atoms with Crippen molar-refractivity contribution in [1.29, 1.82) is 0 Å². The van der Waals surface area contributed by atoms with E-state index in [1.165, 1.54) is 18.4 Å². The predicted molar refractivity (Wildman–Crippen MR) is 72.1 cm³/mol. The van der Waals surface area contributed by atoms with E-state index in [-0.39, 0.29) is 0 Å². The molecule has 0 saturated carbocycles. The first-order valence-corrected chi connectivity index (χ1v) is 6.66. The zero-order valence-corrected chi connectivity index (χ0v) is 11.5. The third-order valence-electron chi connectivity index (χ3n) is 2.15. The van der Waals surface area contributed by atoms with Crippen molar-refractivity contribution in [1.82, 2.24) is 0 Å². The average molecular weight is 289 g/mol. The van der Waals surface area contributed by atoms with E-state index >= 15 is 0 Å². The first kappa shape index (κ1) is 12.9. The maximum atomic E-state index is 5.67. The summed E-state index contributed by atoms with van der Waals surface area (Å²) in [6, 6.07) is 6.15. The van der Waals surface area contributed by atoms with Crippen molar-refractivity contribution in [2.45, 2.75) is 26.2 Å². The Morgan fingerprint density at radius 1 is 1.27 bits per heavy atom. The minimum absolute atomic E-state index is 0.787. The van der Waals surface area contributed by atoms with Gasteiger partial charge in [0.2, 0.25) is 0 Å². The standard InChI is InChI=1S/C12H17BrOS/c1-10-5-6-12(11(13)9-10)14-7-3-2-4-8-15/h5-6,9,15H,2-4,7-8H2,1H3. The molecule has 0 aliphatic heterocycles. The van der Waals surface area contributed by atoms with E-state index in [0.29, 0.717) is 0 Å². The van der Waals surface area contributed by atoms with Gasteiger partial charge in [-0.15, -0.1) is 0 Å². The summed E-state index contributed by atoms with van der Waals surface area (Å²) in [7, 11) is 0. The van der Waals surface area contributed by atoms with Gasteiger partial charge >= 0.3 is 0 Å². The molecule has 0 aromatic heterocycles. The fourth-order valence-corrected chi connectivity index (χ4v) is 2.13. The van der Waals surface area contributed by atoms with Crippen molar-refractivity contribution in [3.05, 3.63) is 28.2 Å². The Morgan fingerprint density at radius 2 is 2.07 bits per heavy atom. The van der Waals surface area contributed by atoms with Crippen LogP contribution < -0.4 is 4.74 Å². The lowest BCUT2D eigenvalue weighted by Crippen LogP contribution is -1.98. The lowest BCUT2D eigenvalue weighted by Gasteiger charge is -2.08. The monoisotopic (exact) mass is 288 g/mol. The van der Waals surface area contributed by atoms with Crippen molar-refractivity contribution in [3.63, 3.8) is 0 Å². The zero-order chi connectivity index (χ0) is 11.1. The van der Waals surface area contributed by atoms with Crippen LogP contribution in [0.2, 0.25) is 0 Å². The van der Waals surface area contributed by atoms with Crippen LogP contribution in [0.3, 0.4) is 0 Å². The summed E-state index contributed by atoms with van der Waals surface area (Å²) in [5.41, 5.74) is 1.24. The van der Waals surface area contributed by atoms with Crippen LogP contribution in [0.15, 0.2) is 22.7 Å². The van der Waals surface area contributed by atoms with Gasteiger partial charge in [-0.3, -0.25) is 0 Å². The summed E-state index contributed by atoms with van der Waals surface area (Å²) < 4.78 is 6.71. The number of benzene rings is 1. The molecule has 0 heterocycles. The Morgan fingerprint density at radius 3 is 2.73 bits per heavy atom. The zero-order valence-electron chi connectivity index (χ0n) is 9.00. The van der Waals surface area contributed by atoms with Gasteiger partial charge in [0.1, 0.15) is 5.75 Å². The van der Waals surface area contributed by atoms with Crippen molar-refractivity contribution in [3.8, 4) is 5.75 Å². The average Bonchev–Trinajstić information content (AvgIpc) is 2.20. The molecule has 0 fully saturated rings. The normalized spacial score (nSPS) is 10.3. The lowest BCUT2D eigenvalue weighted by atomic mass is 10.2. The number of aryl methyl sites for hydroxylation is 1. The van der Waals surface area contributed by atoms with E-state index in [0.717, 1.165) is 29.0 Å². The molecule has 0 aliphatic rings. The summed E-state index contributed by atoms with van der Waals surface area (Å²) in [6.07, 6.45) is 3.45. The quantitative estimate of drug-likeness (QED) is 0.609. The van der Waals surface area contributed by atoms with E-state index in [1.54, 1.807) is 0 Å². The SMILES string of the molecule is Cc1ccc(OCCCCCS)c(Br)c1. The van der Waals surface area contributed by atoms with Crippen LogP contribution in [0.5, 0.6) is 5.75 Å². The smallest absolute Gasteiger partial charge is 0.133 e. The van der Waals surface area contributed by atoms with Crippen molar-refractivity contribution in [2.24, 2.45) is 0 Å². The predicted octanol–water partition coefficient (Wildman–Crippen LogP) is 4.24. The van der Waals surface area contributed by atoms with Crippen molar-refractivity contribution >= 4 is 28.6 Å². The van der Waals surface area contributed by atoms with Crippen LogP contribution in [0.25, 0.3) is 0 Å². The molecule has 0 amide bonds. The number of ether oxygens (including phenoxy) is 1. The topological polar surface area (TPSA) is 9.23 Å². The highest BCUT2D eigenvalue weighted by Crippen LogP contribution is 2.25. The molecule has 84 valence electrons. The molecule has 1 aromatic rings. The van der Waals surface area contributed by atoms with Gasteiger partial charge in [0.15, 0.2) is 0 Å². The number of rotatable bonds is 6. The molecule has 0 saturated heterocycles. The summed E-state index contributed by atoms with van der Waals surface area (Å²) >= 11 is 7.66. The van der Waals surface area contributed by atoms with E-state index in [9.17, 15) is 0 Å². The Bertz CT molecular complexity index is 302. The summed E-state index contributed by atoms with van der Waals surface area (Å²) in [6.45, 7) is 2.86. The van der Waals surface area contributed by atoms with Crippen LogP contribution in [0.4, 0.5) is 0 Å². The summed E-state index contributed by atoms with van der Waals surface area (Å²) in [4.78, 5) is 0. The molecular weight excluding hydrogens is 272 g/mol. The van der Waals surface area contributed by atoms with Gasteiger partial charge in [-0.2, -0.15) is 12.6 Å². The Balaban J connectivity index is 2.31. The van der Waals surface area contributed by atoms with Crippen LogP contribution in [0.1, 0.15) is 24.8 Å². The molecule has 1 rings (SSSR count). The van der Waals surface area contributed by atoms with Crippen LogP contribution >= 0.6 is 28.6 Å². The number of thiol groups is 1. The van der Waals surface area contributed by atoms with E-state index in [4.69, 9.17) is 4.74 Å². The minimum atomic E-state index is 0.787. The van der Waals surface area contributed by atoms with Gasteiger partial charge in [-0.1, -0.05) is 6.07 Å².